The topological polar surface area (TPSA) is 9.23 Å². The standard InChI is InChI=1S/C11H23IOSi/c1-5-6-7-8-11(9-10-12)13-14(2,3)4/h9-11H,5-8H2,1-4H3/b10-9+. The molecule has 0 spiro atoms. The third-order valence-electron chi connectivity index (χ3n) is 1.88. The fraction of sp³-hybridized carbons (Fsp3) is 0.818. The van der Waals surface area contributed by atoms with E-state index in [2.05, 4.69) is 59.3 Å². The van der Waals surface area contributed by atoms with Gasteiger partial charge in [-0.2, -0.15) is 0 Å². The van der Waals surface area contributed by atoms with Crippen molar-refractivity contribution in [3.05, 3.63) is 10.2 Å². The molecule has 0 rings (SSSR count). The molecule has 0 aliphatic rings. The van der Waals surface area contributed by atoms with Crippen LogP contribution in [-0.4, -0.2) is 14.4 Å². The van der Waals surface area contributed by atoms with Gasteiger partial charge < -0.3 is 4.43 Å². The minimum atomic E-state index is -1.37. The van der Waals surface area contributed by atoms with Gasteiger partial charge in [0.15, 0.2) is 8.32 Å². The Morgan fingerprint density at radius 1 is 1.29 bits per heavy atom. The van der Waals surface area contributed by atoms with Crippen molar-refractivity contribution in [2.45, 2.75) is 58.4 Å². The highest BCUT2D eigenvalue weighted by atomic mass is 127. The molecule has 0 radical (unpaired) electrons. The molecule has 3 heteroatoms. The molecule has 0 aromatic rings. The summed E-state index contributed by atoms with van der Waals surface area (Å²) >= 11 is 2.27. The lowest BCUT2D eigenvalue weighted by Gasteiger charge is -2.24. The number of hydrogen-bond donors (Lipinski definition) is 0. The monoisotopic (exact) mass is 326 g/mol. The Morgan fingerprint density at radius 2 is 1.93 bits per heavy atom. The van der Waals surface area contributed by atoms with E-state index in [1.165, 1.54) is 25.7 Å². The van der Waals surface area contributed by atoms with Gasteiger partial charge in [-0.3, -0.25) is 0 Å². The molecule has 0 aliphatic heterocycles. The molecule has 1 atom stereocenters. The lowest BCUT2D eigenvalue weighted by Crippen LogP contribution is -2.31. The number of unbranched alkanes of at least 4 members (excludes halogenated alkanes) is 2. The van der Waals surface area contributed by atoms with Crippen molar-refractivity contribution < 1.29 is 4.43 Å². The molecule has 0 aliphatic carbocycles. The maximum absolute atomic E-state index is 6.07. The van der Waals surface area contributed by atoms with Gasteiger partial charge in [0.05, 0.1) is 6.10 Å². The van der Waals surface area contributed by atoms with Crippen molar-refractivity contribution in [1.29, 1.82) is 0 Å². The molecule has 0 aromatic carbocycles. The van der Waals surface area contributed by atoms with E-state index in [9.17, 15) is 0 Å². The van der Waals surface area contributed by atoms with E-state index in [1.807, 2.05) is 0 Å². The van der Waals surface area contributed by atoms with Gasteiger partial charge in [0.25, 0.3) is 0 Å². The average molecular weight is 326 g/mol. The Labute approximate surface area is 104 Å². The SMILES string of the molecule is CCCCCC(/C=C/I)O[Si](C)(C)C. The smallest absolute Gasteiger partial charge is 0.184 e. The summed E-state index contributed by atoms with van der Waals surface area (Å²) in [6.45, 7) is 8.99. The van der Waals surface area contributed by atoms with Crippen molar-refractivity contribution in [2.75, 3.05) is 0 Å². The van der Waals surface area contributed by atoms with Crippen LogP contribution in [0.25, 0.3) is 0 Å². The third-order valence-corrected chi connectivity index (χ3v) is 3.31. The molecule has 0 saturated heterocycles. The minimum Gasteiger partial charge on any atom is -0.411 e. The van der Waals surface area contributed by atoms with Gasteiger partial charge in [-0.05, 0) is 30.1 Å². The fourth-order valence-corrected chi connectivity index (χ4v) is 2.89. The maximum atomic E-state index is 6.07. The van der Waals surface area contributed by atoms with E-state index in [0.717, 1.165) is 0 Å². The van der Waals surface area contributed by atoms with Crippen LogP contribution >= 0.6 is 22.6 Å². The molecule has 0 fully saturated rings. The summed E-state index contributed by atoms with van der Waals surface area (Å²) in [6, 6.07) is 0. The van der Waals surface area contributed by atoms with Crippen LogP contribution in [0.15, 0.2) is 10.2 Å². The first-order chi connectivity index (χ1) is 6.49. The summed E-state index contributed by atoms with van der Waals surface area (Å²) in [5.74, 6) is 0. The predicted octanol–water partition coefficient (Wildman–Crippen LogP) is 4.74. The lowest BCUT2D eigenvalue weighted by atomic mass is 10.1. The zero-order chi connectivity index (χ0) is 11.0. The van der Waals surface area contributed by atoms with Crippen LogP contribution in [0.2, 0.25) is 19.6 Å². The first kappa shape index (κ1) is 14.6. The zero-order valence-electron chi connectivity index (χ0n) is 9.85. The van der Waals surface area contributed by atoms with Gasteiger partial charge in [-0.25, -0.2) is 0 Å². The lowest BCUT2D eigenvalue weighted by molar-refractivity contribution is 0.227. The summed E-state index contributed by atoms with van der Waals surface area (Å²) in [7, 11) is -1.37. The van der Waals surface area contributed by atoms with Crippen molar-refractivity contribution in [3.63, 3.8) is 0 Å². The Bertz CT molecular complexity index is 163. The molecule has 0 N–H and O–H groups in total. The van der Waals surface area contributed by atoms with E-state index < -0.39 is 8.32 Å². The Hall–Kier alpha value is 0.647. The Kier molecular flexibility index (Phi) is 8.24. The molecular formula is C11H23IOSi. The second-order valence-electron chi connectivity index (χ2n) is 4.58. The minimum absolute atomic E-state index is 0.352. The van der Waals surface area contributed by atoms with Crippen LogP contribution in [0.5, 0.6) is 0 Å². The van der Waals surface area contributed by atoms with Crippen molar-refractivity contribution >= 4 is 30.9 Å². The largest absolute Gasteiger partial charge is 0.411 e. The molecule has 0 saturated carbocycles. The van der Waals surface area contributed by atoms with Gasteiger partial charge in [-0.15, -0.1) is 0 Å². The fourth-order valence-electron chi connectivity index (χ4n) is 1.33. The van der Waals surface area contributed by atoms with Crippen molar-refractivity contribution in [3.8, 4) is 0 Å². The molecule has 0 aromatic heterocycles. The second-order valence-corrected chi connectivity index (χ2v) is 9.76. The second kappa shape index (κ2) is 7.88. The Morgan fingerprint density at radius 3 is 2.36 bits per heavy atom. The third kappa shape index (κ3) is 9.21. The molecule has 84 valence electrons. The highest BCUT2D eigenvalue weighted by Crippen LogP contribution is 2.15. The van der Waals surface area contributed by atoms with Gasteiger partial charge >= 0.3 is 0 Å². The zero-order valence-corrected chi connectivity index (χ0v) is 13.0. The van der Waals surface area contributed by atoms with Crippen LogP contribution in [-0.2, 0) is 4.43 Å². The van der Waals surface area contributed by atoms with Gasteiger partial charge in [0.1, 0.15) is 0 Å². The quantitative estimate of drug-likeness (QED) is 0.373. The number of hydrogen-bond acceptors (Lipinski definition) is 1. The van der Waals surface area contributed by atoms with Crippen LogP contribution in [0, 0.1) is 0 Å². The number of rotatable bonds is 7. The summed E-state index contributed by atoms with van der Waals surface area (Å²) < 4.78 is 8.15. The van der Waals surface area contributed by atoms with Crippen LogP contribution in [0.4, 0.5) is 0 Å². The van der Waals surface area contributed by atoms with Crippen LogP contribution in [0.1, 0.15) is 32.6 Å². The summed E-state index contributed by atoms with van der Waals surface area (Å²) in [4.78, 5) is 0. The summed E-state index contributed by atoms with van der Waals surface area (Å²) in [5.41, 5.74) is 0. The Balaban J connectivity index is 3.90. The summed E-state index contributed by atoms with van der Waals surface area (Å²) in [6.07, 6.45) is 7.61. The van der Waals surface area contributed by atoms with Crippen molar-refractivity contribution in [2.24, 2.45) is 0 Å². The molecule has 1 unspecified atom stereocenters. The van der Waals surface area contributed by atoms with Gasteiger partial charge in [-0.1, -0.05) is 54.9 Å². The van der Waals surface area contributed by atoms with Crippen molar-refractivity contribution in [1.82, 2.24) is 0 Å². The highest BCUT2D eigenvalue weighted by molar-refractivity contribution is 14.1. The molecule has 14 heavy (non-hydrogen) atoms. The first-order valence-electron chi connectivity index (χ1n) is 5.44. The van der Waals surface area contributed by atoms with E-state index in [1.54, 1.807) is 0 Å². The normalized spacial score (nSPS) is 14.9. The van der Waals surface area contributed by atoms with E-state index in [0.29, 0.717) is 6.10 Å². The molecule has 0 amide bonds. The molecular weight excluding hydrogens is 303 g/mol. The first-order valence-corrected chi connectivity index (χ1v) is 10.1. The molecule has 0 bridgehead atoms. The van der Waals surface area contributed by atoms with E-state index >= 15 is 0 Å². The van der Waals surface area contributed by atoms with E-state index in [4.69, 9.17) is 4.43 Å². The summed E-state index contributed by atoms with van der Waals surface area (Å²) in [5, 5.41) is 0. The molecule has 0 heterocycles. The van der Waals surface area contributed by atoms with Crippen LogP contribution < -0.4 is 0 Å². The van der Waals surface area contributed by atoms with E-state index in [-0.39, 0.29) is 0 Å². The highest BCUT2D eigenvalue weighted by Gasteiger charge is 2.18. The average Bonchev–Trinajstić information content (AvgIpc) is 2.02. The maximum Gasteiger partial charge on any atom is 0.184 e. The van der Waals surface area contributed by atoms with Gasteiger partial charge in [0.2, 0.25) is 0 Å². The van der Waals surface area contributed by atoms with Gasteiger partial charge in [0, 0.05) is 0 Å². The molecule has 1 nitrogen and oxygen atoms in total. The van der Waals surface area contributed by atoms with Crippen LogP contribution in [0.3, 0.4) is 0 Å². The predicted molar refractivity (Wildman–Crippen MR) is 75.5 cm³/mol. The number of halogens is 1.